The third-order valence-electron chi connectivity index (χ3n) is 2.26. The van der Waals surface area contributed by atoms with E-state index >= 15 is 0 Å². The van der Waals surface area contributed by atoms with E-state index < -0.39 is 0 Å². The van der Waals surface area contributed by atoms with Crippen LogP contribution in [-0.2, 0) is 0 Å². The fraction of sp³-hybridized carbons (Fsp3) is 0.0769. The summed E-state index contributed by atoms with van der Waals surface area (Å²) >= 11 is 5.96. The van der Waals surface area contributed by atoms with E-state index in [1.807, 2.05) is 31.2 Å². The highest BCUT2D eigenvalue weighted by Crippen LogP contribution is 2.35. The first kappa shape index (κ1) is 10.8. The van der Waals surface area contributed by atoms with E-state index in [4.69, 9.17) is 16.3 Å². The van der Waals surface area contributed by atoms with Crippen molar-refractivity contribution in [2.75, 3.05) is 0 Å². The molecule has 0 radical (unpaired) electrons. The maximum atomic E-state index is 9.78. The molecule has 0 atom stereocenters. The first-order valence-corrected chi connectivity index (χ1v) is 5.27. The van der Waals surface area contributed by atoms with Gasteiger partial charge >= 0.3 is 0 Å². The number of hydrogen-bond acceptors (Lipinski definition) is 2. The Balaban J connectivity index is 2.35. The van der Waals surface area contributed by atoms with Gasteiger partial charge in [-0.05, 0) is 30.7 Å². The molecule has 2 aromatic carbocycles. The van der Waals surface area contributed by atoms with Crippen molar-refractivity contribution in [1.29, 1.82) is 0 Å². The van der Waals surface area contributed by atoms with E-state index in [9.17, 15) is 5.11 Å². The van der Waals surface area contributed by atoms with Gasteiger partial charge in [0.1, 0.15) is 5.75 Å². The third kappa shape index (κ3) is 2.12. The quantitative estimate of drug-likeness (QED) is 0.846. The van der Waals surface area contributed by atoms with Gasteiger partial charge in [0, 0.05) is 0 Å². The number of benzene rings is 2. The molecule has 0 aliphatic carbocycles. The number of aryl methyl sites for hydroxylation is 1. The molecule has 82 valence electrons. The number of halogens is 1. The molecular weight excluding hydrogens is 224 g/mol. The molecule has 0 aromatic heterocycles. The molecule has 0 aliphatic heterocycles. The van der Waals surface area contributed by atoms with Crippen molar-refractivity contribution >= 4 is 11.6 Å². The van der Waals surface area contributed by atoms with E-state index in [1.165, 1.54) is 0 Å². The molecule has 0 unspecified atom stereocenters. The minimum absolute atomic E-state index is 0.141. The van der Waals surface area contributed by atoms with Gasteiger partial charge in [0.05, 0.1) is 5.02 Å². The van der Waals surface area contributed by atoms with Crippen molar-refractivity contribution in [3.63, 3.8) is 0 Å². The predicted molar refractivity (Wildman–Crippen MR) is 64.4 cm³/mol. The van der Waals surface area contributed by atoms with Crippen molar-refractivity contribution in [1.82, 2.24) is 0 Å². The summed E-state index contributed by atoms with van der Waals surface area (Å²) in [5.41, 5.74) is 0.768. The summed E-state index contributed by atoms with van der Waals surface area (Å²) in [7, 11) is 0. The zero-order chi connectivity index (χ0) is 11.5. The normalized spacial score (nSPS) is 10.1. The number of phenols is 1. The number of phenolic OH excluding ortho intramolecular Hbond substituents is 1. The molecule has 1 N–H and O–H groups in total. The predicted octanol–water partition coefficient (Wildman–Crippen LogP) is 4.15. The second-order valence-corrected chi connectivity index (χ2v) is 3.86. The van der Waals surface area contributed by atoms with Gasteiger partial charge in [-0.25, -0.2) is 0 Å². The standard InChI is InChI=1S/C13H11ClO2/c1-9-5-4-8-12(13(9)15)16-11-7-3-2-6-10(11)14/h2-8,15H,1H3. The van der Waals surface area contributed by atoms with Gasteiger partial charge in [-0.15, -0.1) is 0 Å². The van der Waals surface area contributed by atoms with Crippen LogP contribution in [0.5, 0.6) is 17.2 Å². The molecule has 16 heavy (non-hydrogen) atoms. The molecule has 0 saturated carbocycles. The largest absolute Gasteiger partial charge is 0.504 e. The Morgan fingerprint density at radius 1 is 1.00 bits per heavy atom. The molecule has 0 spiro atoms. The summed E-state index contributed by atoms with van der Waals surface area (Å²) in [6.07, 6.45) is 0. The number of para-hydroxylation sites is 2. The summed E-state index contributed by atoms with van der Waals surface area (Å²) in [4.78, 5) is 0. The average Bonchev–Trinajstić information content (AvgIpc) is 2.28. The monoisotopic (exact) mass is 234 g/mol. The molecule has 0 fully saturated rings. The van der Waals surface area contributed by atoms with Gasteiger partial charge in [0.2, 0.25) is 0 Å². The minimum atomic E-state index is 0.141. The maximum absolute atomic E-state index is 9.78. The molecular formula is C13H11ClO2. The topological polar surface area (TPSA) is 29.5 Å². The first-order valence-electron chi connectivity index (χ1n) is 4.89. The molecule has 0 amide bonds. The SMILES string of the molecule is Cc1cccc(Oc2ccccc2Cl)c1O. The van der Waals surface area contributed by atoms with Gasteiger partial charge in [-0.3, -0.25) is 0 Å². The van der Waals surface area contributed by atoms with E-state index in [1.54, 1.807) is 18.2 Å². The highest BCUT2D eigenvalue weighted by atomic mass is 35.5. The number of hydrogen-bond donors (Lipinski definition) is 1. The van der Waals surface area contributed by atoms with Crippen molar-refractivity contribution in [3.8, 4) is 17.2 Å². The second kappa shape index (κ2) is 4.45. The van der Waals surface area contributed by atoms with Crippen LogP contribution in [0.25, 0.3) is 0 Å². The summed E-state index contributed by atoms with van der Waals surface area (Å²) in [6, 6.07) is 12.5. The highest BCUT2D eigenvalue weighted by molar-refractivity contribution is 6.32. The highest BCUT2D eigenvalue weighted by Gasteiger charge is 2.07. The van der Waals surface area contributed by atoms with Crippen molar-refractivity contribution < 1.29 is 9.84 Å². The Kier molecular flexibility index (Phi) is 3.02. The van der Waals surface area contributed by atoms with E-state index in [0.29, 0.717) is 16.5 Å². The van der Waals surface area contributed by atoms with E-state index in [2.05, 4.69) is 0 Å². The zero-order valence-corrected chi connectivity index (χ0v) is 9.53. The molecule has 0 heterocycles. The Morgan fingerprint density at radius 3 is 2.44 bits per heavy atom. The average molecular weight is 235 g/mol. The van der Waals surface area contributed by atoms with Crippen LogP contribution in [0.1, 0.15) is 5.56 Å². The fourth-order valence-electron chi connectivity index (χ4n) is 1.36. The van der Waals surface area contributed by atoms with Crippen molar-refractivity contribution in [2.45, 2.75) is 6.92 Å². The summed E-state index contributed by atoms with van der Waals surface area (Å²) in [5.74, 6) is 1.08. The lowest BCUT2D eigenvalue weighted by atomic mass is 10.2. The number of ether oxygens (including phenoxy) is 1. The molecule has 0 aliphatic rings. The first-order chi connectivity index (χ1) is 7.68. The third-order valence-corrected chi connectivity index (χ3v) is 2.57. The maximum Gasteiger partial charge on any atom is 0.169 e. The Bertz CT molecular complexity index is 509. The van der Waals surface area contributed by atoms with Crippen LogP contribution in [0.3, 0.4) is 0 Å². The summed E-state index contributed by atoms with van der Waals surface area (Å²) < 4.78 is 5.54. The number of rotatable bonds is 2. The van der Waals surface area contributed by atoms with Gasteiger partial charge in [-0.1, -0.05) is 35.9 Å². The van der Waals surface area contributed by atoms with Crippen LogP contribution in [0.15, 0.2) is 42.5 Å². The Hall–Kier alpha value is -1.67. The minimum Gasteiger partial charge on any atom is -0.504 e. The van der Waals surface area contributed by atoms with Gasteiger partial charge in [0.25, 0.3) is 0 Å². The fourth-order valence-corrected chi connectivity index (χ4v) is 1.53. The van der Waals surface area contributed by atoms with Crippen LogP contribution >= 0.6 is 11.6 Å². The molecule has 2 aromatic rings. The van der Waals surface area contributed by atoms with Crippen LogP contribution in [0.2, 0.25) is 5.02 Å². The van der Waals surface area contributed by atoms with Gasteiger partial charge in [-0.2, -0.15) is 0 Å². The summed E-state index contributed by atoms with van der Waals surface area (Å²) in [5, 5.41) is 10.3. The Morgan fingerprint density at radius 2 is 1.69 bits per heavy atom. The van der Waals surface area contributed by atoms with Crippen LogP contribution in [-0.4, -0.2) is 5.11 Å². The number of aromatic hydroxyl groups is 1. The zero-order valence-electron chi connectivity index (χ0n) is 8.77. The van der Waals surface area contributed by atoms with Crippen LogP contribution in [0, 0.1) is 6.92 Å². The molecule has 0 saturated heterocycles. The van der Waals surface area contributed by atoms with Crippen molar-refractivity contribution in [3.05, 3.63) is 53.1 Å². The van der Waals surface area contributed by atoms with E-state index in [0.717, 1.165) is 5.56 Å². The molecule has 0 bridgehead atoms. The second-order valence-electron chi connectivity index (χ2n) is 3.45. The molecule has 3 heteroatoms. The Labute approximate surface area is 99.1 Å². The smallest absolute Gasteiger partial charge is 0.169 e. The van der Waals surface area contributed by atoms with Crippen LogP contribution in [0.4, 0.5) is 0 Å². The lowest BCUT2D eigenvalue weighted by molar-refractivity contribution is 0.408. The van der Waals surface area contributed by atoms with Crippen LogP contribution < -0.4 is 4.74 Å². The molecule has 2 nitrogen and oxygen atoms in total. The lowest BCUT2D eigenvalue weighted by Crippen LogP contribution is -1.87. The summed E-state index contributed by atoms with van der Waals surface area (Å²) in [6.45, 7) is 1.81. The van der Waals surface area contributed by atoms with Gasteiger partial charge < -0.3 is 9.84 Å². The van der Waals surface area contributed by atoms with Gasteiger partial charge in [0.15, 0.2) is 11.5 Å². The van der Waals surface area contributed by atoms with E-state index in [-0.39, 0.29) is 5.75 Å². The lowest BCUT2D eigenvalue weighted by Gasteiger charge is -2.09. The van der Waals surface area contributed by atoms with Crippen molar-refractivity contribution in [2.24, 2.45) is 0 Å². The molecule has 2 rings (SSSR count).